The van der Waals surface area contributed by atoms with Gasteiger partial charge in [-0.15, -0.1) is 6.58 Å². The molecule has 0 bridgehead atoms. The molecule has 0 aliphatic carbocycles. The van der Waals surface area contributed by atoms with Crippen molar-refractivity contribution in [2.24, 2.45) is 0 Å². The first kappa shape index (κ1) is 12.0. The van der Waals surface area contributed by atoms with Crippen LogP contribution in [0.3, 0.4) is 0 Å². The standard InChI is InChI=1S/C14H21N/c1-12(2)8-7-11-14(15-3)13-9-5-4-6-10-13/h4-6,9-10,14-15H,1,7-8,11H2,2-3H3. The maximum atomic E-state index is 3.93. The Morgan fingerprint density at radius 2 is 2.00 bits per heavy atom. The third kappa shape index (κ3) is 4.30. The van der Waals surface area contributed by atoms with E-state index in [-0.39, 0.29) is 0 Å². The Morgan fingerprint density at radius 3 is 2.53 bits per heavy atom. The summed E-state index contributed by atoms with van der Waals surface area (Å²) in [5.74, 6) is 0. The van der Waals surface area contributed by atoms with Crippen LogP contribution in [0.15, 0.2) is 42.5 Å². The zero-order valence-corrected chi connectivity index (χ0v) is 9.79. The SMILES string of the molecule is C=C(C)CCCC(NC)c1ccccc1. The highest BCUT2D eigenvalue weighted by Gasteiger charge is 2.07. The van der Waals surface area contributed by atoms with E-state index in [0.29, 0.717) is 6.04 Å². The lowest BCUT2D eigenvalue weighted by atomic mass is 10.00. The average molecular weight is 203 g/mol. The fourth-order valence-corrected chi connectivity index (χ4v) is 1.77. The lowest BCUT2D eigenvalue weighted by molar-refractivity contribution is 0.526. The Morgan fingerprint density at radius 1 is 1.33 bits per heavy atom. The summed E-state index contributed by atoms with van der Waals surface area (Å²) < 4.78 is 0. The van der Waals surface area contributed by atoms with E-state index in [4.69, 9.17) is 0 Å². The van der Waals surface area contributed by atoms with Crippen molar-refractivity contribution in [3.63, 3.8) is 0 Å². The summed E-state index contributed by atoms with van der Waals surface area (Å²) in [4.78, 5) is 0. The van der Waals surface area contributed by atoms with Gasteiger partial charge in [-0.1, -0.05) is 35.9 Å². The number of hydrogen-bond acceptors (Lipinski definition) is 1. The van der Waals surface area contributed by atoms with E-state index in [1.54, 1.807) is 0 Å². The van der Waals surface area contributed by atoms with Crippen LogP contribution in [-0.4, -0.2) is 7.05 Å². The van der Waals surface area contributed by atoms with Crippen molar-refractivity contribution in [1.29, 1.82) is 0 Å². The first-order chi connectivity index (χ1) is 7.24. The molecule has 0 aliphatic rings. The maximum absolute atomic E-state index is 3.93. The summed E-state index contributed by atoms with van der Waals surface area (Å²) in [6.45, 7) is 6.02. The highest BCUT2D eigenvalue weighted by Crippen LogP contribution is 2.19. The molecule has 0 amide bonds. The van der Waals surface area contributed by atoms with Crippen LogP contribution in [0, 0.1) is 0 Å². The lowest BCUT2D eigenvalue weighted by Gasteiger charge is -2.16. The molecular formula is C14H21N. The van der Waals surface area contributed by atoms with E-state index in [2.05, 4.69) is 49.2 Å². The normalized spacial score (nSPS) is 12.4. The molecule has 1 nitrogen and oxygen atoms in total. The van der Waals surface area contributed by atoms with Crippen molar-refractivity contribution >= 4 is 0 Å². The zero-order valence-electron chi connectivity index (χ0n) is 9.79. The van der Waals surface area contributed by atoms with Crippen molar-refractivity contribution in [3.05, 3.63) is 48.0 Å². The first-order valence-electron chi connectivity index (χ1n) is 5.60. The summed E-state index contributed by atoms with van der Waals surface area (Å²) >= 11 is 0. The summed E-state index contributed by atoms with van der Waals surface area (Å²) in [5.41, 5.74) is 2.65. The van der Waals surface area contributed by atoms with E-state index < -0.39 is 0 Å². The van der Waals surface area contributed by atoms with E-state index >= 15 is 0 Å². The van der Waals surface area contributed by atoms with Crippen LogP contribution in [0.2, 0.25) is 0 Å². The van der Waals surface area contributed by atoms with Gasteiger partial charge >= 0.3 is 0 Å². The van der Waals surface area contributed by atoms with Crippen molar-refractivity contribution in [2.45, 2.75) is 32.2 Å². The van der Waals surface area contributed by atoms with Gasteiger partial charge in [-0.2, -0.15) is 0 Å². The van der Waals surface area contributed by atoms with Crippen LogP contribution < -0.4 is 5.32 Å². The molecule has 0 saturated heterocycles. The number of allylic oxidation sites excluding steroid dienone is 1. The van der Waals surface area contributed by atoms with Crippen LogP contribution in [0.5, 0.6) is 0 Å². The van der Waals surface area contributed by atoms with Gasteiger partial charge < -0.3 is 5.32 Å². The van der Waals surface area contributed by atoms with Gasteiger partial charge in [0.1, 0.15) is 0 Å². The Kier molecular flexibility index (Phi) is 5.13. The van der Waals surface area contributed by atoms with Crippen molar-refractivity contribution in [3.8, 4) is 0 Å². The molecule has 1 aromatic carbocycles. The predicted octanol–water partition coefficient (Wildman–Crippen LogP) is 3.69. The van der Waals surface area contributed by atoms with Gasteiger partial charge in [0.25, 0.3) is 0 Å². The smallest absolute Gasteiger partial charge is 0.0317 e. The summed E-state index contributed by atoms with van der Waals surface area (Å²) in [7, 11) is 2.03. The summed E-state index contributed by atoms with van der Waals surface area (Å²) in [6.07, 6.45) is 3.51. The highest BCUT2D eigenvalue weighted by molar-refractivity contribution is 5.18. The van der Waals surface area contributed by atoms with Crippen LogP contribution in [0.4, 0.5) is 0 Å². The fraction of sp³-hybridized carbons (Fsp3) is 0.429. The molecule has 1 rings (SSSR count). The highest BCUT2D eigenvalue weighted by atomic mass is 14.9. The van der Waals surface area contributed by atoms with Gasteiger partial charge in [-0.3, -0.25) is 0 Å². The van der Waals surface area contributed by atoms with Crippen molar-refractivity contribution < 1.29 is 0 Å². The molecular weight excluding hydrogens is 182 g/mol. The van der Waals surface area contributed by atoms with Crippen molar-refractivity contribution in [2.75, 3.05) is 7.05 Å². The molecule has 1 aromatic rings. The molecule has 15 heavy (non-hydrogen) atoms. The second-order valence-corrected chi connectivity index (χ2v) is 4.10. The topological polar surface area (TPSA) is 12.0 Å². The van der Waals surface area contributed by atoms with Crippen LogP contribution in [0.1, 0.15) is 37.8 Å². The van der Waals surface area contributed by atoms with Gasteiger partial charge in [-0.05, 0) is 38.8 Å². The molecule has 0 fully saturated rings. The number of rotatable bonds is 6. The third-order valence-electron chi connectivity index (χ3n) is 2.65. The quantitative estimate of drug-likeness (QED) is 0.695. The van der Waals surface area contributed by atoms with Crippen LogP contribution >= 0.6 is 0 Å². The minimum absolute atomic E-state index is 0.477. The van der Waals surface area contributed by atoms with E-state index in [0.717, 1.165) is 6.42 Å². The minimum atomic E-state index is 0.477. The Bertz CT molecular complexity index is 289. The van der Waals surface area contributed by atoms with Gasteiger partial charge in [0.2, 0.25) is 0 Å². The number of nitrogens with one attached hydrogen (secondary N) is 1. The second kappa shape index (κ2) is 6.41. The predicted molar refractivity (Wildman–Crippen MR) is 66.9 cm³/mol. The van der Waals surface area contributed by atoms with Crippen molar-refractivity contribution in [1.82, 2.24) is 5.32 Å². The monoisotopic (exact) mass is 203 g/mol. The lowest BCUT2D eigenvalue weighted by Crippen LogP contribution is -2.16. The molecule has 1 N–H and O–H groups in total. The molecule has 1 heteroatoms. The summed E-state index contributed by atoms with van der Waals surface area (Å²) in [5, 5.41) is 3.36. The summed E-state index contributed by atoms with van der Waals surface area (Å²) in [6, 6.07) is 11.1. The van der Waals surface area contributed by atoms with Crippen LogP contribution in [-0.2, 0) is 0 Å². The molecule has 0 saturated carbocycles. The van der Waals surface area contributed by atoms with E-state index in [1.165, 1.54) is 24.0 Å². The first-order valence-corrected chi connectivity index (χ1v) is 5.60. The Labute approximate surface area is 93.2 Å². The van der Waals surface area contributed by atoms with Gasteiger partial charge in [-0.25, -0.2) is 0 Å². The Hall–Kier alpha value is -1.08. The molecule has 0 spiro atoms. The largest absolute Gasteiger partial charge is 0.313 e. The van der Waals surface area contributed by atoms with Gasteiger partial charge in [0, 0.05) is 6.04 Å². The van der Waals surface area contributed by atoms with E-state index in [1.807, 2.05) is 7.05 Å². The molecule has 1 unspecified atom stereocenters. The molecule has 0 aromatic heterocycles. The third-order valence-corrected chi connectivity index (χ3v) is 2.65. The maximum Gasteiger partial charge on any atom is 0.0317 e. The molecule has 0 radical (unpaired) electrons. The zero-order chi connectivity index (χ0) is 11.1. The minimum Gasteiger partial charge on any atom is -0.313 e. The number of benzene rings is 1. The fourth-order valence-electron chi connectivity index (χ4n) is 1.77. The molecule has 0 heterocycles. The Balaban J connectivity index is 2.46. The average Bonchev–Trinajstić information content (AvgIpc) is 2.25. The van der Waals surface area contributed by atoms with Crippen LogP contribution in [0.25, 0.3) is 0 Å². The number of hydrogen-bond donors (Lipinski definition) is 1. The molecule has 82 valence electrons. The second-order valence-electron chi connectivity index (χ2n) is 4.10. The molecule has 1 atom stereocenters. The van der Waals surface area contributed by atoms with E-state index in [9.17, 15) is 0 Å². The molecule has 0 aliphatic heterocycles. The van der Waals surface area contributed by atoms with Gasteiger partial charge in [0.05, 0.1) is 0 Å². The van der Waals surface area contributed by atoms with Gasteiger partial charge in [0.15, 0.2) is 0 Å².